The molecule has 1 aromatic rings. The first-order valence-corrected chi connectivity index (χ1v) is 6.46. The summed E-state index contributed by atoms with van der Waals surface area (Å²) in [6.07, 6.45) is 0.500. The van der Waals surface area contributed by atoms with Gasteiger partial charge in [0.1, 0.15) is 0 Å². The number of aryl methyl sites for hydroxylation is 1. The maximum atomic E-state index is 11.6. The third-order valence-electron chi connectivity index (χ3n) is 2.83. The molecule has 3 N–H and O–H groups in total. The third-order valence-corrected chi connectivity index (χ3v) is 3.45. The predicted molar refractivity (Wildman–Crippen MR) is 73.4 cm³/mol. The molecule has 0 aromatic heterocycles. The lowest BCUT2D eigenvalue weighted by atomic mass is 10.1. The van der Waals surface area contributed by atoms with Crippen LogP contribution in [0.3, 0.4) is 0 Å². The molecule has 1 aliphatic rings. The molecule has 0 saturated carbocycles. The first kappa shape index (κ1) is 12.4. The number of hydrogen-bond donors (Lipinski definition) is 2. The second kappa shape index (κ2) is 5.06. The van der Waals surface area contributed by atoms with Crippen LogP contribution in [0, 0.1) is 6.92 Å². The Balaban J connectivity index is 2.48. The Kier molecular flexibility index (Phi) is 3.69. The largest absolute Gasteiger partial charge is 0.368 e. The van der Waals surface area contributed by atoms with E-state index in [9.17, 15) is 4.79 Å². The third kappa shape index (κ3) is 2.61. The lowest BCUT2D eigenvalue weighted by molar-refractivity contribution is -0.115. The Morgan fingerprint density at radius 3 is 3.00 bits per heavy atom. The molecule has 17 heavy (non-hydrogen) atoms. The topological polar surface area (TPSA) is 58.4 Å². The van der Waals surface area contributed by atoms with Crippen LogP contribution in [0.4, 0.5) is 11.4 Å². The minimum atomic E-state index is 0.0512. The van der Waals surface area contributed by atoms with Gasteiger partial charge in [-0.25, -0.2) is 0 Å². The van der Waals surface area contributed by atoms with Crippen molar-refractivity contribution in [2.24, 2.45) is 5.73 Å². The molecule has 1 heterocycles. The molecule has 0 atom stereocenters. The molecule has 2 rings (SSSR count). The first-order valence-electron chi connectivity index (χ1n) is 5.67. The predicted octanol–water partition coefficient (Wildman–Crippen LogP) is 1.86. The van der Waals surface area contributed by atoms with Crippen LogP contribution in [0.1, 0.15) is 12.0 Å². The molecule has 0 bridgehead atoms. The van der Waals surface area contributed by atoms with Gasteiger partial charge in [-0.3, -0.25) is 4.79 Å². The summed E-state index contributed by atoms with van der Waals surface area (Å²) < 4.78 is 0.921. The Hall–Kier alpha value is -1.07. The zero-order valence-corrected chi connectivity index (χ0v) is 11.4. The number of benzene rings is 1. The van der Waals surface area contributed by atoms with Crippen LogP contribution >= 0.6 is 15.9 Å². The molecule has 5 heteroatoms. The monoisotopic (exact) mass is 297 g/mol. The van der Waals surface area contributed by atoms with Gasteiger partial charge in [-0.2, -0.15) is 0 Å². The van der Waals surface area contributed by atoms with Gasteiger partial charge in [0, 0.05) is 30.5 Å². The Morgan fingerprint density at radius 2 is 2.29 bits per heavy atom. The van der Waals surface area contributed by atoms with Crippen LogP contribution in [-0.2, 0) is 4.79 Å². The molecular weight excluding hydrogens is 282 g/mol. The van der Waals surface area contributed by atoms with E-state index in [2.05, 4.69) is 32.2 Å². The summed E-state index contributed by atoms with van der Waals surface area (Å²) in [6.45, 7) is 4.10. The van der Waals surface area contributed by atoms with Crippen molar-refractivity contribution in [1.29, 1.82) is 0 Å². The number of amides is 1. The second-order valence-corrected chi connectivity index (χ2v) is 5.07. The van der Waals surface area contributed by atoms with E-state index in [0.29, 0.717) is 19.5 Å². The molecule has 0 fully saturated rings. The van der Waals surface area contributed by atoms with Gasteiger partial charge < -0.3 is 16.0 Å². The second-order valence-electron chi connectivity index (χ2n) is 4.21. The normalized spacial score (nSPS) is 15.2. The highest BCUT2D eigenvalue weighted by Gasteiger charge is 2.20. The zero-order valence-electron chi connectivity index (χ0n) is 9.79. The summed E-state index contributed by atoms with van der Waals surface area (Å²) in [6, 6.07) is 4.09. The Morgan fingerprint density at radius 1 is 1.53 bits per heavy atom. The minimum Gasteiger partial charge on any atom is -0.368 e. The van der Waals surface area contributed by atoms with E-state index in [0.717, 1.165) is 28.0 Å². The quantitative estimate of drug-likeness (QED) is 0.876. The highest BCUT2D eigenvalue weighted by molar-refractivity contribution is 9.10. The molecule has 1 aliphatic heterocycles. The van der Waals surface area contributed by atoms with Crippen molar-refractivity contribution in [2.45, 2.75) is 13.3 Å². The molecule has 0 spiro atoms. The maximum absolute atomic E-state index is 11.6. The number of nitrogens with two attached hydrogens (primary N) is 1. The highest BCUT2D eigenvalue weighted by Crippen LogP contribution is 2.36. The number of nitrogens with one attached hydrogen (secondary N) is 1. The Bertz CT molecular complexity index is 448. The maximum Gasteiger partial charge on any atom is 0.226 e. The molecule has 92 valence electrons. The number of rotatable bonds is 2. The van der Waals surface area contributed by atoms with Crippen molar-refractivity contribution in [2.75, 3.05) is 29.9 Å². The summed E-state index contributed by atoms with van der Waals surface area (Å²) in [5, 5.41) is 2.94. The molecule has 0 unspecified atom stereocenters. The number of hydrogen-bond acceptors (Lipinski definition) is 3. The fourth-order valence-corrected chi connectivity index (χ4v) is 2.71. The number of anilines is 2. The number of fused-ring (bicyclic) bond motifs is 1. The zero-order chi connectivity index (χ0) is 12.4. The van der Waals surface area contributed by atoms with Crippen LogP contribution in [-0.4, -0.2) is 25.5 Å². The van der Waals surface area contributed by atoms with E-state index in [1.165, 1.54) is 0 Å². The van der Waals surface area contributed by atoms with Gasteiger partial charge in [-0.15, -0.1) is 0 Å². The van der Waals surface area contributed by atoms with Gasteiger partial charge in [0.15, 0.2) is 0 Å². The standard InChI is InChI=1S/C12H16BrN3O/c1-8-6-9(13)12-10(7-8)16(5-3-14)4-2-11(17)15-12/h6-7H,2-5,14H2,1H3,(H,15,17). The van der Waals surface area contributed by atoms with E-state index >= 15 is 0 Å². The van der Waals surface area contributed by atoms with Gasteiger partial charge >= 0.3 is 0 Å². The number of carbonyl (C=O) groups excluding carboxylic acids is 1. The fourth-order valence-electron chi connectivity index (χ4n) is 2.04. The smallest absolute Gasteiger partial charge is 0.226 e. The van der Waals surface area contributed by atoms with E-state index in [-0.39, 0.29) is 5.91 Å². The van der Waals surface area contributed by atoms with Crippen LogP contribution in [0.15, 0.2) is 16.6 Å². The molecule has 1 amide bonds. The van der Waals surface area contributed by atoms with Crippen LogP contribution in [0.2, 0.25) is 0 Å². The van der Waals surface area contributed by atoms with Crippen molar-refractivity contribution in [3.05, 3.63) is 22.2 Å². The summed E-state index contributed by atoms with van der Waals surface area (Å²) in [7, 11) is 0. The van der Waals surface area contributed by atoms with Crippen molar-refractivity contribution in [1.82, 2.24) is 0 Å². The van der Waals surface area contributed by atoms with Gasteiger partial charge in [-0.05, 0) is 40.5 Å². The molecule has 1 aromatic carbocycles. The van der Waals surface area contributed by atoms with Gasteiger partial charge in [-0.1, -0.05) is 0 Å². The lowest BCUT2D eigenvalue weighted by Crippen LogP contribution is -2.30. The van der Waals surface area contributed by atoms with E-state index in [4.69, 9.17) is 5.73 Å². The van der Waals surface area contributed by atoms with E-state index < -0.39 is 0 Å². The Labute approximate surface area is 109 Å². The average Bonchev–Trinajstić information content (AvgIpc) is 2.41. The molecule has 0 aliphatic carbocycles. The highest BCUT2D eigenvalue weighted by atomic mass is 79.9. The van der Waals surface area contributed by atoms with Gasteiger partial charge in [0.25, 0.3) is 0 Å². The SMILES string of the molecule is Cc1cc(Br)c2c(c1)N(CCN)CCC(=O)N2. The lowest BCUT2D eigenvalue weighted by Gasteiger charge is -2.24. The summed E-state index contributed by atoms with van der Waals surface area (Å²) in [5.74, 6) is 0.0512. The van der Waals surface area contributed by atoms with Crippen molar-refractivity contribution >= 4 is 33.2 Å². The molecular formula is C12H16BrN3O. The number of nitrogens with zero attached hydrogens (tertiary/aromatic N) is 1. The van der Waals surface area contributed by atoms with Crippen LogP contribution in [0.25, 0.3) is 0 Å². The molecule has 4 nitrogen and oxygen atoms in total. The van der Waals surface area contributed by atoms with E-state index in [1.54, 1.807) is 0 Å². The van der Waals surface area contributed by atoms with Crippen LogP contribution < -0.4 is 16.0 Å². The number of carbonyl (C=O) groups is 1. The summed E-state index contributed by atoms with van der Waals surface area (Å²) >= 11 is 3.50. The molecule has 0 radical (unpaired) electrons. The first-order chi connectivity index (χ1) is 8.11. The van der Waals surface area contributed by atoms with Gasteiger partial charge in [0.05, 0.1) is 11.4 Å². The minimum absolute atomic E-state index is 0.0512. The van der Waals surface area contributed by atoms with Crippen molar-refractivity contribution in [3.8, 4) is 0 Å². The average molecular weight is 298 g/mol. The van der Waals surface area contributed by atoms with Crippen LogP contribution in [0.5, 0.6) is 0 Å². The summed E-state index contributed by atoms with van der Waals surface area (Å²) in [5.41, 5.74) is 8.68. The number of halogens is 1. The summed E-state index contributed by atoms with van der Waals surface area (Å²) in [4.78, 5) is 13.8. The van der Waals surface area contributed by atoms with Crippen molar-refractivity contribution in [3.63, 3.8) is 0 Å². The van der Waals surface area contributed by atoms with Crippen molar-refractivity contribution < 1.29 is 4.79 Å². The molecule has 0 saturated heterocycles. The fraction of sp³-hybridized carbons (Fsp3) is 0.417. The van der Waals surface area contributed by atoms with E-state index in [1.807, 2.05) is 13.0 Å². The van der Waals surface area contributed by atoms with Gasteiger partial charge in [0.2, 0.25) is 5.91 Å².